The molecule has 0 aliphatic carbocycles. The SMILES string of the molecule is O=C(CNc1cc(C(=O)NCC(O)CN2CCc3ccccc3C2)ncn1)NCCN1CCN(C(=O)CNC(Cc2ccccc2)C(=O)N2CC(=Cc3ccc(Cl)c(Cl)c3)C(=O)C(=Cc3ccc(Cl)c(Cl)c3)C2)CC1. The molecule has 3 aliphatic rings. The summed E-state index contributed by atoms with van der Waals surface area (Å²) in [6.45, 7) is 4.98. The molecule has 1 aromatic heterocycles. The predicted molar refractivity (Wildman–Crippen MR) is 293 cm³/mol. The quantitative estimate of drug-likeness (QED) is 0.0636. The van der Waals surface area contributed by atoms with Crippen molar-refractivity contribution in [3.05, 3.63) is 168 Å². The van der Waals surface area contributed by atoms with E-state index in [0.717, 1.165) is 25.1 Å². The number of hydrogen-bond donors (Lipinski definition) is 5. The summed E-state index contributed by atoms with van der Waals surface area (Å²) in [6, 6.07) is 28.6. The van der Waals surface area contributed by atoms with Crippen LogP contribution >= 0.6 is 46.4 Å². The van der Waals surface area contributed by atoms with E-state index in [1.54, 1.807) is 58.4 Å². The first kappa shape index (κ1) is 55.0. The number of piperazine rings is 1. The van der Waals surface area contributed by atoms with Crippen LogP contribution in [0.3, 0.4) is 0 Å². The molecule has 0 radical (unpaired) electrons. The number of likely N-dealkylation sites (tertiary alicyclic amines) is 1. The fourth-order valence-electron chi connectivity index (χ4n) is 9.20. The number of aliphatic hydroxyl groups excluding tert-OH is 1. The molecule has 2 fully saturated rings. The molecule has 8 rings (SSSR count). The van der Waals surface area contributed by atoms with Crippen molar-refractivity contribution in [2.45, 2.75) is 31.5 Å². The van der Waals surface area contributed by atoms with Crippen molar-refractivity contribution >= 4 is 93.8 Å². The van der Waals surface area contributed by atoms with Crippen LogP contribution in [0.4, 0.5) is 5.82 Å². The van der Waals surface area contributed by atoms with Gasteiger partial charge in [-0.2, -0.15) is 0 Å². The molecule has 392 valence electrons. The van der Waals surface area contributed by atoms with Gasteiger partial charge in [-0.3, -0.25) is 39.1 Å². The second-order valence-electron chi connectivity index (χ2n) is 18.7. The number of aliphatic hydroxyl groups is 1. The van der Waals surface area contributed by atoms with Gasteiger partial charge in [-0.05, 0) is 77.1 Å². The number of benzene rings is 4. The number of nitrogens with one attached hydrogen (secondary N) is 4. The maximum absolute atomic E-state index is 14.7. The predicted octanol–water partition coefficient (Wildman–Crippen LogP) is 5.69. The standard InChI is InChI=1S/C55H58Cl4N10O6/c56-44-12-10-37(24-46(44)58)22-41-32-69(33-42(53(41)73)23-38-11-13-45(57)47(59)25-38)55(75)49(26-36-6-2-1-3-7-36)61-30-52(72)68-20-18-66(19-21-68)17-15-60-51(71)29-62-50-27-48(64-35-65-50)54(74)63-28-43(70)34-67-16-14-39-8-4-5-9-40(39)31-67/h1-13,22-25,27,35,43,49,61,70H,14-21,26,28-34H2,(H,60,71)(H,63,74)(H,62,64,65). The minimum atomic E-state index is -0.808. The van der Waals surface area contributed by atoms with Crippen molar-refractivity contribution in [2.75, 3.05) is 90.4 Å². The van der Waals surface area contributed by atoms with Gasteiger partial charge in [-0.1, -0.05) is 113 Å². The molecule has 2 saturated heterocycles. The number of anilines is 1. The lowest BCUT2D eigenvalue weighted by atomic mass is 9.93. The molecule has 2 unspecified atom stereocenters. The molecule has 4 heterocycles. The summed E-state index contributed by atoms with van der Waals surface area (Å²) in [4.78, 5) is 84.1. The molecule has 0 bridgehead atoms. The Kier molecular flexibility index (Phi) is 19.5. The molecular formula is C55H58Cl4N10O6. The molecule has 3 aliphatic heterocycles. The Morgan fingerprint density at radius 1 is 0.680 bits per heavy atom. The van der Waals surface area contributed by atoms with E-state index in [9.17, 15) is 29.1 Å². The molecule has 4 amide bonds. The van der Waals surface area contributed by atoms with Crippen LogP contribution in [-0.2, 0) is 38.6 Å². The molecule has 0 spiro atoms. The fourth-order valence-corrected chi connectivity index (χ4v) is 9.81. The fraction of sp³-hybridized carbons (Fsp3) is 0.327. The van der Waals surface area contributed by atoms with Crippen LogP contribution in [0.25, 0.3) is 12.2 Å². The summed E-state index contributed by atoms with van der Waals surface area (Å²) in [5.41, 5.74) is 5.59. The number of β-amino-alcohol motifs (C(OH)–C–C–N with tert-alkyl or cyclic N) is 1. The van der Waals surface area contributed by atoms with Gasteiger partial charge in [0, 0.05) is 95.7 Å². The van der Waals surface area contributed by atoms with Crippen molar-refractivity contribution in [1.29, 1.82) is 0 Å². The summed E-state index contributed by atoms with van der Waals surface area (Å²) in [6.07, 6.45) is 5.09. The summed E-state index contributed by atoms with van der Waals surface area (Å²) >= 11 is 25.0. The lowest BCUT2D eigenvalue weighted by molar-refractivity contribution is -0.134. The summed E-state index contributed by atoms with van der Waals surface area (Å²) in [7, 11) is 0. The molecule has 5 N–H and O–H groups in total. The van der Waals surface area contributed by atoms with E-state index in [2.05, 4.69) is 53.2 Å². The third-order valence-corrected chi connectivity index (χ3v) is 14.7. The highest BCUT2D eigenvalue weighted by molar-refractivity contribution is 6.42. The lowest BCUT2D eigenvalue weighted by Crippen LogP contribution is -2.55. The Labute approximate surface area is 456 Å². The van der Waals surface area contributed by atoms with E-state index in [1.807, 2.05) is 42.5 Å². The van der Waals surface area contributed by atoms with Crippen molar-refractivity contribution in [2.24, 2.45) is 0 Å². The van der Waals surface area contributed by atoms with Gasteiger partial charge in [-0.25, -0.2) is 9.97 Å². The van der Waals surface area contributed by atoms with Crippen molar-refractivity contribution < 1.29 is 29.1 Å². The van der Waals surface area contributed by atoms with Gasteiger partial charge in [0.25, 0.3) is 5.91 Å². The molecular weight excluding hydrogens is 1040 g/mol. The minimum Gasteiger partial charge on any atom is -0.390 e. The van der Waals surface area contributed by atoms with Gasteiger partial charge in [0.2, 0.25) is 17.7 Å². The Bertz CT molecular complexity index is 2860. The number of piperidine rings is 1. The van der Waals surface area contributed by atoms with Crippen LogP contribution in [0.5, 0.6) is 0 Å². The zero-order valence-electron chi connectivity index (χ0n) is 41.1. The number of amides is 4. The minimum absolute atomic E-state index is 0.0168. The number of nitrogens with zero attached hydrogens (tertiary/aromatic N) is 6. The van der Waals surface area contributed by atoms with Gasteiger partial charge in [-0.15, -0.1) is 0 Å². The highest BCUT2D eigenvalue weighted by Crippen LogP contribution is 2.29. The maximum Gasteiger partial charge on any atom is 0.270 e. The molecule has 2 atom stereocenters. The third-order valence-electron chi connectivity index (χ3n) is 13.2. The monoisotopic (exact) mass is 1090 g/mol. The van der Waals surface area contributed by atoms with Gasteiger partial charge in [0.1, 0.15) is 17.8 Å². The smallest absolute Gasteiger partial charge is 0.270 e. The van der Waals surface area contributed by atoms with Crippen LogP contribution in [-0.4, -0.2) is 161 Å². The summed E-state index contributed by atoms with van der Waals surface area (Å²) in [5, 5.41) is 23.9. The first-order valence-corrected chi connectivity index (χ1v) is 26.3. The number of hydrogen-bond acceptors (Lipinski definition) is 12. The molecule has 4 aromatic carbocycles. The first-order valence-electron chi connectivity index (χ1n) is 24.7. The number of carbonyl (C=O) groups excluding carboxylic acids is 5. The summed E-state index contributed by atoms with van der Waals surface area (Å²) in [5.74, 6) is -1.10. The van der Waals surface area contributed by atoms with Gasteiger partial charge < -0.3 is 30.9 Å². The van der Waals surface area contributed by atoms with Gasteiger partial charge >= 0.3 is 0 Å². The van der Waals surface area contributed by atoms with Crippen LogP contribution in [0.1, 0.15) is 38.3 Å². The maximum atomic E-state index is 14.7. The number of rotatable bonds is 19. The lowest BCUT2D eigenvalue weighted by Gasteiger charge is -2.35. The number of aromatic nitrogens is 2. The van der Waals surface area contributed by atoms with Crippen LogP contribution in [0.15, 0.2) is 115 Å². The second kappa shape index (κ2) is 26.5. The third kappa shape index (κ3) is 15.7. The average molecular weight is 1100 g/mol. The van der Waals surface area contributed by atoms with E-state index in [-0.39, 0.29) is 61.9 Å². The van der Waals surface area contributed by atoms with E-state index < -0.39 is 18.1 Å². The van der Waals surface area contributed by atoms with Crippen LogP contribution in [0.2, 0.25) is 20.1 Å². The van der Waals surface area contributed by atoms with E-state index >= 15 is 0 Å². The summed E-state index contributed by atoms with van der Waals surface area (Å²) < 4.78 is 0. The molecule has 5 aromatic rings. The van der Waals surface area contributed by atoms with Crippen LogP contribution in [0, 0.1) is 0 Å². The zero-order valence-corrected chi connectivity index (χ0v) is 44.1. The number of carbonyl (C=O) groups is 5. The number of fused-ring (bicyclic) bond motifs is 1. The molecule has 75 heavy (non-hydrogen) atoms. The second-order valence-corrected chi connectivity index (χ2v) is 20.3. The Hall–Kier alpha value is -6.21. The Morgan fingerprint density at radius 3 is 2.00 bits per heavy atom. The van der Waals surface area contributed by atoms with E-state index in [1.165, 1.54) is 23.5 Å². The highest BCUT2D eigenvalue weighted by Gasteiger charge is 2.34. The number of ketones is 1. The normalized spacial score (nSPS) is 17.1. The van der Waals surface area contributed by atoms with E-state index in [4.69, 9.17) is 46.4 Å². The van der Waals surface area contributed by atoms with E-state index in [0.29, 0.717) is 100 Å². The molecule has 0 saturated carbocycles. The van der Waals surface area contributed by atoms with Crippen molar-refractivity contribution in [1.82, 2.24) is 45.5 Å². The first-order chi connectivity index (χ1) is 36.2. The van der Waals surface area contributed by atoms with Gasteiger partial charge in [0.15, 0.2) is 5.78 Å². The Morgan fingerprint density at radius 2 is 1.33 bits per heavy atom. The van der Waals surface area contributed by atoms with Crippen molar-refractivity contribution in [3.8, 4) is 0 Å². The van der Waals surface area contributed by atoms with Crippen molar-refractivity contribution in [3.63, 3.8) is 0 Å². The zero-order chi connectivity index (χ0) is 52.8. The van der Waals surface area contributed by atoms with Gasteiger partial charge in [0.05, 0.1) is 45.3 Å². The van der Waals surface area contributed by atoms with Crippen LogP contribution < -0.4 is 21.3 Å². The topological polar surface area (TPSA) is 192 Å². The number of halogens is 4. The Balaban J connectivity index is 0.792. The average Bonchev–Trinajstić information content (AvgIpc) is 3.42. The number of Topliss-reactive ketones (excluding diaryl/α,β-unsaturated/α-hetero) is 1. The highest BCUT2D eigenvalue weighted by atomic mass is 35.5. The largest absolute Gasteiger partial charge is 0.390 e. The molecule has 20 heteroatoms. The molecule has 16 nitrogen and oxygen atoms in total.